The van der Waals surface area contributed by atoms with Crippen LogP contribution in [0.2, 0.25) is 0 Å². The Bertz CT molecular complexity index is 937. The number of hydrogen-bond donors (Lipinski definition) is 2. The molecule has 1 aromatic carbocycles. The molecule has 7 nitrogen and oxygen atoms in total. The summed E-state index contributed by atoms with van der Waals surface area (Å²) in [5.74, 6) is -0.519. The normalized spacial score (nSPS) is 11.4. The van der Waals surface area contributed by atoms with Crippen molar-refractivity contribution in [2.24, 2.45) is 0 Å². The Morgan fingerprint density at radius 3 is 2.69 bits per heavy atom. The molecule has 0 saturated carbocycles. The largest absolute Gasteiger partial charge is 0.504 e. The second kappa shape index (κ2) is 8.33. The van der Waals surface area contributed by atoms with Crippen LogP contribution in [0.5, 0.6) is 11.5 Å². The fraction of sp³-hybridized carbons (Fsp3) is 0.316. The first kappa shape index (κ1) is 19.2. The molecule has 0 atom stereocenters. The number of benzene rings is 1. The van der Waals surface area contributed by atoms with E-state index in [1.807, 2.05) is 26.8 Å². The molecule has 7 heteroatoms. The lowest BCUT2D eigenvalue weighted by atomic mass is 10.1. The minimum atomic E-state index is -0.633. The third-order valence-electron chi connectivity index (χ3n) is 3.89. The number of nitro groups is 1. The summed E-state index contributed by atoms with van der Waals surface area (Å²) in [5.41, 5.74) is 1.77. The van der Waals surface area contributed by atoms with E-state index in [4.69, 9.17) is 4.74 Å². The number of hydrogen-bond acceptors (Lipinski definition) is 5. The lowest BCUT2D eigenvalue weighted by molar-refractivity contribution is -0.384. The predicted molar refractivity (Wildman–Crippen MR) is 101 cm³/mol. The molecule has 1 aromatic heterocycles. The van der Waals surface area contributed by atoms with Gasteiger partial charge in [-0.05, 0) is 45.8 Å². The van der Waals surface area contributed by atoms with Crippen molar-refractivity contribution < 1.29 is 14.8 Å². The SMILES string of the molecule is CC(C)=CCCC(C)=CCOc1c(O)c2ccc([N+](=O)[O-])cc2[nH]c1=O. The van der Waals surface area contributed by atoms with Gasteiger partial charge < -0.3 is 14.8 Å². The first-order chi connectivity index (χ1) is 12.3. The highest BCUT2D eigenvalue weighted by Crippen LogP contribution is 2.31. The second-order valence-electron chi connectivity index (χ2n) is 6.30. The molecule has 138 valence electrons. The highest BCUT2D eigenvalue weighted by molar-refractivity contribution is 5.88. The quantitative estimate of drug-likeness (QED) is 0.438. The van der Waals surface area contributed by atoms with Crippen LogP contribution in [0.1, 0.15) is 33.6 Å². The Morgan fingerprint density at radius 1 is 1.31 bits per heavy atom. The van der Waals surface area contributed by atoms with Crippen LogP contribution >= 0.6 is 0 Å². The zero-order chi connectivity index (χ0) is 19.3. The molecule has 2 rings (SSSR count). The standard InChI is InChI=1S/C19H22N2O5/c1-12(2)5-4-6-13(3)9-10-26-18-17(22)15-8-7-14(21(24)25)11-16(15)20-19(18)23/h5,7-9,11H,4,6,10H2,1-3H3,(H2,20,22,23). The van der Waals surface area contributed by atoms with E-state index in [1.165, 1.54) is 23.8 Å². The van der Waals surface area contributed by atoms with Gasteiger partial charge in [0.15, 0.2) is 5.75 Å². The number of pyridine rings is 1. The first-order valence-corrected chi connectivity index (χ1v) is 8.24. The van der Waals surface area contributed by atoms with E-state index in [0.29, 0.717) is 0 Å². The van der Waals surface area contributed by atoms with E-state index >= 15 is 0 Å². The number of fused-ring (bicyclic) bond motifs is 1. The Kier molecular flexibility index (Phi) is 6.16. The highest BCUT2D eigenvalue weighted by Gasteiger charge is 2.15. The van der Waals surface area contributed by atoms with Gasteiger partial charge in [0.2, 0.25) is 5.75 Å². The maximum Gasteiger partial charge on any atom is 0.294 e. The predicted octanol–water partition coefficient (Wildman–Crippen LogP) is 4.21. The van der Waals surface area contributed by atoms with Crippen LogP contribution in [0.25, 0.3) is 10.9 Å². The molecule has 0 bridgehead atoms. The molecule has 0 amide bonds. The van der Waals surface area contributed by atoms with Crippen LogP contribution < -0.4 is 10.3 Å². The van der Waals surface area contributed by atoms with Gasteiger partial charge in [0, 0.05) is 17.5 Å². The summed E-state index contributed by atoms with van der Waals surface area (Å²) in [4.78, 5) is 24.9. The molecule has 0 saturated heterocycles. The number of rotatable bonds is 7. The Morgan fingerprint density at radius 2 is 2.04 bits per heavy atom. The maximum atomic E-state index is 12.1. The molecular formula is C19H22N2O5. The van der Waals surface area contributed by atoms with Gasteiger partial charge in [-0.2, -0.15) is 0 Å². The average Bonchev–Trinajstić information content (AvgIpc) is 2.56. The van der Waals surface area contributed by atoms with Gasteiger partial charge in [-0.25, -0.2) is 0 Å². The summed E-state index contributed by atoms with van der Waals surface area (Å²) >= 11 is 0. The van der Waals surface area contributed by atoms with Gasteiger partial charge in [0.05, 0.1) is 10.4 Å². The van der Waals surface area contributed by atoms with Gasteiger partial charge in [0.25, 0.3) is 11.2 Å². The Labute approximate surface area is 150 Å². The summed E-state index contributed by atoms with van der Waals surface area (Å²) in [6.45, 7) is 6.22. The maximum absolute atomic E-state index is 12.1. The van der Waals surface area contributed by atoms with Crippen molar-refractivity contribution in [3.8, 4) is 11.5 Å². The number of H-pyrrole nitrogens is 1. The van der Waals surface area contributed by atoms with Gasteiger partial charge in [-0.15, -0.1) is 0 Å². The summed E-state index contributed by atoms with van der Waals surface area (Å²) in [6.07, 6.45) is 5.83. The van der Waals surface area contributed by atoms with Gasteiger partial charge in [-0.3, -0.25) is 14.9 Å². The summed E-state index contributed by atoms with van der Waals surface area (Å²) in [6, 6.07) is 3.84. The summed E-state index contributed by atoms with van der Waals surface area (Å²) in [7, 11) is 0. The molecule has 1 heterocycles. The number of ether oxygens (including phenoxy) is 1. The molecule has 26 heavy (non-hydrogen) atoms. The summed E-state index contributed by atoms with van der Waals surface area (Å²) < 4.78 is 5.43. The zero-order valence-corrected chi connectivity index (χ0v) is 15.0. The number of non-ortho nitro benzene ring substituents is 1. The Balaban J connectivity index is 2.17. The van der Waals surface area contributed by atoms with Crippen molar-refractivity contribution in [1.29, 1.82) is 0 Å². The van der Waals surface area contributed by atoms with E-state index in [-0.39, 0.29) is 34.7 Å². The van der Waals surface area contributed by atoms with Gasteiger partial charge in [-0.1, -0.05) is 17.2 Å². The van der Waals surface area contributed by atoms with Crippen LogP contribution in [0.4, 0.5) is 5.69 Å². The highest BCUT2D eigenvalue weighted by atomic mass is 16.6. The van der Waals surface area contributed by atoms with Crippen molar-refractivity contribution in [2.75, 3.05) is 6.61 Å². The van der Waals surface area contributed by atoms with Crippen molar-refractivity contribution in [3.05, 3.63) is 62.0 Å². The van der Waals surface area contributed by atoms with Crippen molar-refractivity contribution in [1.82, 2.24) is 4.98 Å². The van der Waals surface area contributed by atoms with Crippen molar-refractivity contribution >= 4 is 16.6 Å². The molecular weight excluding hydrogens is 336 g/mol. The van der Waals surface area contributed by atoms with E-state index < -0.39 is 10.5 Å². The third kappa shape index (κ3) is 4.72. The van der Waals surface area contributed by atoms with E-state index in [0.717, 1.165) is 18.4 Å². The first-order valence-electron chi connectivity index (χ1n) is 8.24. The van der Waals surface area contributed by atoms with Crippen LogP contribution in [0, 0.1) is 10.1 Å². The van der Waals surface area contributed by atoms with E-state index in [2.05, 4.69) is 11.1 Å². The fourth-order valence-corrected chi connectivity index (χ4v) is 2.46. The smallest absolute Gasteiger partial charge is 0.294 e. The zero-order valence-electron chi connectivity index (χ0n) is 15.0. The molecule has 0 aliphatic heterocycles. The lowest BCUT2D eigenvalue weighted by Gasteiger charge is -2.08. The van der Waals surface area contributed by atoms with E-state index in [1.54, 1.807) is 0 Å². The molecule has 0 radical (unpaired) electrons. The third-order valence-corrected chi connectivity index (χ3v) is 3.89. The molecule has 0 spiro atoms. The molecule has 2 aromatic rings. The topological polar surface area (TPSA) is 105 Å². The lowest BCUT2D eigenvalue weighted by Crippen LogP contribution is -2.12. The van der Waals surface area contributed by atoms with Crippen LogP contribution in [-0.4, -0.2) is 21.6 Å². The number of nitro benzene ring substituents is 1. The molecule has 2 N–H and O–H groups in total. The van der Waals surface area contributed by atoms with Crippen LogP contribution in [0.15, 0.2) is 46.3 Å². The Hall–Kier alpha value is -3.09. The van der Waals surface area contributed by atoms with Crippen molar-refractivity contribution in [2.45, 2.75) is 33.6 Å². The second-order valence-corrected chi connectivity index (χ2v) is 6.30. The number of allylic oxidation sites excluding steroid dienone is 3. The average molecular weight is 358 g/mol. The van der Waals surface area contributed by atoms with E-state index in [9.17, 15) is 20.0 Å². The number of nitrogens with one attached hydrogen (secondary N) is 1. The van der Waals surface area contributed by atoms with Crippen LogP contribution in [0.3, 0.4) is 0 Å². The number of nitrogens with zero attached hydrogens (tertiary/aromatic N) is 1. The summed E-state index contributed by atoms with van der Waals surface area (Å²) in [5, 5.41) is 21.4. The number of aromatic amines is 1. The molecule has 0 aliphatic carbocycles. The van der Waals surface area contributed by atoms with Gasteiger partial charge in [0.1, 0.15) is 6.61 Å². The van der Waals surface area contributed by atoms with Crippen LogP contribution in [-0.2, 0) is 0 Å². The van der Waals surface area contributed by atoms with Crippen molar-refractivity contribution in [3.63, 3.8) is 0 Å². The van der Waals surface area contributed by atoms with Gasteiger partial charge >= 0.3 is 0 Å². The minimum absolute atomic E-state index is 0.149. The molecule has 0 unspecified atom stereocenters. The number of aromatic nitrogens is 1. The monoisotopic (exact) mass is 358 g/mol. The fourth-order valence-electron chi connectivity index (χ4n) is 2.46. The molecule has 0 fully saturated rings. The molecule has 0 aliphatic rings. The minimum Gasteiger partial charge on any atom is -0.504 e. The number of aromatic hydroxyl groups is 1.